The molecular weight excluding hydrogens is 139 g/mol. The maximum Gasteiger partial charge on any atom is 0.171 e. The summed E-state index contributed by atoms with van der Waals surface area (Å²) in [7, 11) is 0. The smallest absolute Gasteiger partial charge is 0.144 e. The first-order valence-electron chi connectivity index (χ1n) is 3.49. The maximum absolute atomic E-state index is 4.34. The van der Waals surface area contributed by atoms with Gasteiger partial charge in [-0.1, -0.05) is 37.3 Å². The fourth-order valence-corrected chi connectivity index (χ4v) is 1.39. The van der Waals surface area contributed by atoms with Crippen LogP contribution in [0.15, 0.2) is 29.2 Å². The molecule has 0 saturated carbocycles. The van der Waals surface area contributed by atoms with Crippen molar-refractivity contribution in [1.82, 2.24) is 0 Å². The van der Waals surface area contributed by atoms with Gasteiger partial charge in [-0.05, 0) is 11.0 Å². The molecule has 0 aliphatic heterocycles. The number of thiol groups is 1. The third kappa shape index (κ3) is 1.57. The van der Waals surface area contributed by atoms with Crippen molar-refractivity contribution < 1.29 is 0 Å². The molecule has 0 nitrogen and oxygen atoms in total. The summed E-state index contributed by atoms with van der Waals surface area (Å²) < 4.78 is 0. The summed E-state index contributed by atoms with van der Waals surface area (Å²) in [5, 5.41) is 0. The summed E-state index contributed by atoms with van der Waals surface area (Å²) in [6.45, 7) is 4.93. The summed E-state index contributed by atoms with van der Waals surface area (Å²) in [6.07, 6.45) is 0. The first-order chi connectivity index (χ1) is 4.72. The van der Waals surface area contributed by atoms with E-state index in [9.17, 15) is 0 Å². The Hall–Kier alpha value is -0.365. The lowest BCUT2D eigenvalue weighted by molar-refractivity contribution is 1.52. The first kappa shape index (κ1) is 7.74. The standard InChI is InChI=1S/C8H11BS/c1-9(2)7-5-3-4-6-8(7)10/h3-6,10H,1-2H3. The summed E-state index contributed by atoms with van der Waals surface area (Å²) >= 11 is 4.34. The third-order valence-electron chi connectivity index (χ3n) is 1.56. The minimum absolute atomic E-state index is 0.577. The highest BCUT2D eigenvalue weighted by Gasteiger charge is 2.04. The van der Waals surface area contributed by atoms with E-state index in [1.165, 1.54) is 5.46 Å². The molecule has 10 heavy (non-hydrogen) atoms. The molecule has 0 aliphatic rings. The Balaban J connectivity index is 3.03. The molecule has 1 aromatic carbocycles. The van der Waals surface area contributed by atoms with Gasteiger partial charge in [0.05, 0.1) is 0 Å². The molecule has 0 N–H and O–H groups in total. The van der Waals surface area contributed by atoms with Crippen LogP contribution in [0.5, 0.6) is 0 Å². The zero-order chi connectivity index (χ0) is 7.56. The van der Waals surface area contributed by atoms with E-state index in [0.29, 0.717) is 6.71 Å². The van der Waals surface area contributed by atoms with Crippen molar-refractivity contribution >= 4 is 24.8 Å². The Morgan fingerprint density at radius 3 is 2.20 bits per heavy atom. The summed E-state index contributed by atoms with van der Waals surface area (Å²) in [5.41, 5.74) is 1.32. The summed E-state index contributed by atoms with van der Waals surface area (Å²) in [5.74, 6) is 0. The summed E-state index contributed by atoms with van der Waals surface area (Å²) in [6, 6.07) is 8.20. The van der Waals surface area contributed by atoms with E-state index in [1.807, 2.05) is 12.1 Å². The van der Waals surface area contributed by atoms with E-state index in [1.54, 1.807) is 0 Å². The second-order valence-corrected chi connectivity index (χ2v) is 3.20. The van der Waals surface area contributed by atoms with Crippen LogP contribution in [0.4, 0.5) is 0 Å². The van der Waals surface area contributed by atoms with Crippen molar-refractivity contribution in [1.29, 1.82) is 0 Å². The van der Waals surface area contributed by atoms with Crippen LogP contribution in [0.2, 0.25) is 13.6 Å². The quantitative estimate of drug-likeness (QED) is 0.459. The fraction of sp³-hybridized carbons (Fsp3) is 0.250. The van der Waals surface area contributed by atoms with Crippen LogP contribution in [0.25, 0.3) is 0 Å². The topological polar surface area (TPSA) is 0 Å². The van der Waals surface area contributed by atoms with Crippen LogP contribution >= 0.6 is 12.6 Å². The number of hydrogen-bond acceptors (Lipinski definition) is 1. The van der Waals surface area contributed by atoms with Gasteiger partial charge in [-0.2, -0.15) is 0 Å². The zero-order valence-corrected chi connectivity index (χ0v) is 7.23. The largest absolute Gasteiger partial charge is 0.171 e. The third-order valence-corrected chi connectivity index (χ3v) is 1.97. The van der Waals surface area contributed by atoms with Gasteiger partial charge < -0.3 is 0 Å². The molecule has 0 fully saturated rings. The molecule has 0 unspecified atom stereocenters. The van der Waals surface area contributed by atoms with Crippen LogP contribution < -0.4 is 5.46 Å². The van der Waals surface area contributed by atoms with Gasteiger partial charge >= 0.3 is 0 Å². The summed E-state index contributed by atoms with van der Waals surface area (Å²) in [4.78, 5) is 1.09. The van der Waals surface area contributed by atoms with Crippen molar-refractivity contribution in [2.45, 2.75) is 18.5 Å². The Morgan fingerprint density at radius 2 is 1.80 bits per heavy atom. The lowest BCUT2D eigenvalue weighted by Crippen LogP contribution is -2.23. The first-order valence-corrected chi connectivity index (χ1v) is 3.94. The number of benzene rings is 1. The van der Waals surface area contributed by atoms with Crippen molar-refractivity contribution in [3.63, 3.8) is 0 Å². The second-order valence-electron chi connectivity index (χ2n) is 2.71. The molecule has 0 bridgehead atoms. The predicted octanol–water partition coefficient (Wildman–Crippen LogP) is 1.94. The van der Waals surface area contributed by atoms with Gasteiger partial charge in [0.2, 0.25) is 0 Å². The van der Waals surface area contributed by atoms with Crippen LogP contribution in [0, 0.1) is 0 Å². The van der Waals surface area contributed by atoms with Gasteiger partial charge in [-0.15, -0.1) is 12.6 Å². The lowest BCUT2D eigenvalue weighted by Gasteiger charge is -2.03. The molecule has 1 rings (SSSR count). The normalized spacial score (nSPS) is 9.50. The Kier molecular flexibility index (Phi) is 2.44. The number of rotatable bonds is 1. The van der Waals surface area contributed by atoms with E-state index in [4.69, 9.17) is 0 Å². The van der Waals surface area contributed by atoms with Crippen molar-refractivity contribution in [3.8, 4) is 0 Å². The Morgan fingerprint density at radius 1 is 1.20 bits per heavy atom. The average molecular weight is 150 g/mol. The monoisotopic (exact) mass is 150 g/mol. The zero-order valence-electron chi connectivity index (χ0n) is 6.33. The molecule has 0 aliphatic carbocycles. The molecule has 0 saturated heterocycles. The van der Waals surface area contributed by atoms with Gasteiger partial charge in [0.15, 0.2) is 6.71 Å². The van der Waals surface area contributed by atoms with E-state index in [0.717, 1.165) is 4.90 Å². The Bertz CT molecular complexity index is 220. The molecule has 0 aromatic heterocycles. The van der Waals surface area contributed by atoms with Crippen molar-refractivity contribution in [3.05, 3.63) is 24.3 Å². The number of hydrogen-bond donors (Lipinski definition) is 1. The molecule has 52 valence electrons. The molecule has 0 spiro atoms. The fourth-order valence-electron chi connectivity index (χ4n) is 0.976. The molecule has 0 heterocycles. The second kappa shape index (κ2) is 3.15. The highest BCUT2D eigenvalue weighted by molar-refractivity contribution is 7.80. The van der Waals surface area contributed by atoms with Crippen LogP contribution in [-0.4, -0.2) is 6.71 Å². The van der Waals surface area contributed by atoms with E-state index in [-0.39, 0.29) is 0 Å². The minimum atomic E-state index is 0.577. The molecular formula is C8H11BS. The van der Waals surface area contributed by atoms with E-state index < -0.39 is 0 Å². The van der Waals surface area contributed by atoms with Gasteiger partial charge in [0.1, 0.15) is 0 Å². The van der Waals surface area contributed by atoms with Gasteiger partial charge in [0.25, 0.3) is 0 Å². The molecule has 0 amide bonds. The minimum Gasteiger partial charge on any atom is -0.144 e. The van der Waals surface area contributed by atoms with Crippen LogP contribution in [-0.2, 0) is 0 Å². The highest BCUT2D eigenvalue weighted by Crippen LogP contribution is 2.02. The Labute approximate surface area is 68.1 Å². The predicted molar refractivity (Wildman–Crippen MR) is 50.8 cm³/mol. The SMILES string of the molecule is CB(C)c1ccccc1S. The van der Waals surface area contributed by atoms with Gasteiger partial charge in [0, 0.05) is 0 Å². The van der Waals surface area contributed by atoms with Gasteiger partial charge in [-0.3, -0.25) is 0 Å². The molecule has 0 radical (unpaired) electrons. The van der Waals surface area contributed by atoms with E-state index >= 15 is 0 Å². The molecule has 2 heteroatoms. The maximum atomic E-state index is 4.34. The van der Waals surface area contributed by atoms with Crippen molar-refractivity contribution in [2.24, 2.45) is 0 Å². The van der Waals surface area contributed by atoms with E-state index in [2.05, 4.69) is 38.4 Å². The molecule has 1 aromatic rings. The molecule has 0 atom stereocenters. The average Bonchev–Trinajstić information content (AvgIpc) is 1.88. The lowest BCUT2D eigenvalue weighted by atomic mass is 9.49. The van der Waals surface area contributed by atoms with Gasteiger partial charge in [-0.25, -0.2) is 0 Å². The van der Waals surface area contributed by atoms with Crippen LogP contribution in [0.1, 0.15) is 0 Å². The van der Waals surface area contributed by atoms with Crippen molar-refractivity contribution in [2.75, 3.05) is 0 Å². The highest BCUT2D eigenvalue weighted by atomic mass is 32.1. The van der Waals surface area contributed by atoms with Crippen LogP contribution in [0.3, 0.4) is 0 Å².